The fraction of sp³-hybridized carbons (Fsp3) is 0.889. The van der Waals surface area contributed by atoms with Crippen LogP contribution in [0.3, 0.4) is 0 Å². The van der Waals surface area contributed by atoms with E-state index in [9.17, 15) is 13.2 Å². The summed E-state index contributed by atoms with van der Waals surface area (Å²) in [5, 5.41) is 8.88. The van der Waals surface area contributed by atoms with Gasteiger partial charge in [-0.1, -0.05) is 13.8 Å². The second-order valence-electron chi connectivity index (χ2n) is 4.29. The molecule has 0 spiro atoms. The van der Waals surface area contributed by atoms with Crippen molar-refractivity contribution in [3.05, 3.63) is 0 Å². The maximum atomic E-state index is 11.7. The maximum absolute atomic E-state index is 11.7. The van der Waals surface area contributed by atoms with Crippen molar-refractivity contribution in [2.24, 2.45) is 5.92 Å². The largest absolute Gasteiger partial charge is 0.480 e. The quantitative estimate of drug-likeness (QED) is 0.710. The highest BCUT2D eigenvalue weighted by atomic mass is 32.2. The highest BCUT2D eigenvalue weighted by Crippen LogP contribution is 2.07. The average Bonchev–Trinajstić information content (AvgIpc) is 2.11. The zero-order valence-electron chi connectivity index (χ0n) is 10.3. The number of carboxylic acid groups (broad SMARTS) is 1. The molecule has 6 nitrogen and oxygen atoms in total. The van der Waals surface area contributed by atoms with E-state index in [-0.39, 0.29) is 12.0 Å². The van der Waals surface area contributed by atoms with Gasteiger partial charge in [0.05, 0.1) is 0 Å². The maximum Gasteiger partial charge on any atom is 0.322 e. The van der Waals surface area contributed by atoms with Gasteiger partial charge in [-0.3, -0.25) is 4.79 Å². The van der Waals surface area contributed by atoms with Crippen molar-refractivity contribution in [1.82, 2.24) is 9.03 Å². The first kappa shape index (κ1) is 15.3. The predicted molar refractivity (Wildman–Crippen MR) is 61.2 cm³/mol. The Kier molecular flexibility index (Phi) is 5.37. The number of rotatable bonds is 6. The molecule has 0 fully saturated rings. The van der Waals surface area contributed by atoms with E-state index in [1.54, 1.807) is 27.7 Å². The van der Waals surface area contributed by atoms with Gasteiger partial charge in [0.15, 0.2) is 0 Å². The molecule has 2 N–H and O–H groups in total. The molecule has 0 amide bonds. The monoisotopic (exact) mass is 252 g/mol. The first-order valence-corrected chi connectivity index (χ1v) is 6.51. The third-order valence-electron chi connectivity index (χ3n) is 2.31. The molecule has 0 bridgehead atoms. The first-order chi connectivity index (χ1) is 7.09. The van der Waals surface area contributed by atoms with Crippen molar-refractivity contribution in [2.45, 2.75) is 39.8 Å². The van der Waals surface area contributed by atoms with E-state index in [0.717, 1.165) is 4.31 Å². The summed E-state index contributed by atoms with van der Waals surface area (Å²) < 4.78 is 26.8. The Labute approximate surface area is 96.8 Å². The Morgan fingerprint density at radius 2 is 1.69 bits per heavy atom. The van der Waals surface area contributed by atoms with Crippen molar-refractivity contribution in [1.29, 1.82) is 0 Å². The molecule has 0 saturated heterocycles. The summed E-state index contributed by atoms with van der Waals surface area (Å²) >= 11 is 0. The Hall–Kier alpha value is -0.660. The predicted octanol–water partition coefficient (Wildman–Crippen LogP) is 0.270. The number of nitrogens with zero attached hydrogens (tertiary/aromatic N) is 1. The van der Waals surface area contributed by atoms with Crippen molar-refractivity contribution in [3.8, 4) is 0 Å². The van der Waals surface area contributed by atoms with E-state index in [4.69, 9.17) is 5.11 Å². The van der Waals surface area contributed by atoms with E-state index in [2.05, 4.69) is 4.72 Å². The van der Waals surface area contributed by atoms with Gasteiger partial charge < -0.3 is 5.11 Å². The van der Waals surface area contributed by atoms with E-state index in [1.807, 2.05) is 0 Å². The molecule has 1 atom stereocenters. The van der Waals surface area contributed by atoms with Gasteiger partial charge in [0.2, 0.25) is 0 Å². The van der Waals surface area contributed by atoms with Crippen molar-refractivity contribution >= 4 is 16.2 Å². The van der Waals surface area contributed by atoms with E-state index in [0.29, 0.717) is 0 Å². The Morgan fingerprint density at radius 1 is 1.25 bits per heavy atom. The van der Waals surface area contributed by atoms with E-state index in [1.165, 1.54) is 7.05 Å². The lowest BCUT2D eigenvalue weighted by atomic mass is 10.1. The van der Waals surface area contributed by atoms with Gasteiger partial charge >= 0.3 is 5.97 Å². The summed E-state index contributed by atoms with van der Waals surface area (Å²) in [6, 6.07) is -1.33. The highest BCUT2D eigenvalue weighted by Gasteiger charge is 2.30. The molecule has 0 aromatic rings. The van der Waals surface area contributed by atoms with Crippen molar-refractivity contribution in [2.75, 3.05) is 7.05 Å². The Bertz CT molecular complexity index is 337. The lowest BCUT2D eigenvalue weighted by molar-refractivity contribution is -0.140. The number of nitrogens with one attached hydrogen (secondary N) is 1. The van der Waals surface area contributed by atoms with Crippen LogP contribution in [0.15, 0.2) is 0 Å². The van der Waals surface area contributed by atoms with Crippen LogP contribution < -0.4 is 4.72 Å². The molecular weight excluding hydrogens is 232 g/mol. The van der Waals surface area contributed by atoms with Crippen molar-refractivity contribution < 1.29 is 18.3 Å². The van der Waals surface area contributed by atoms with Crippen LogP contribution in [-0.2, 0) is 15.0 Å². The number of aliphatic carboxylic acids is 1. The minimum atomic E-state index is -3.75. The molecule has 0 saturated carbocycles. The molecule has 0 unspecified atom stereocenters. The zero-order chi connectivity index (χ0) is 13.1. The number of hydrogen-bond donors (Lipinski definition) is 2. The summed E-state index contributed by atoms with van der Waals surface area (Å²) in [4.78, 5) is 10.9. The van der Waals surface area contributed by atoms with Crippen LogP contribution in [-0.4, -0.2) is 42.9 Å². The van der Waals surface area contributed by atoms with Crippen LogP contribution in [0.5, 0.6) is 0 Å². The molecule has 16 heavy (non-hydrogen) atoms. The van der Waals surface area contributed by atoms with E-state index < -0.39 is 22.2 Å². The third kappa shape index (κ3) is 4.07. The van der Waals surface area contributed by atoms with Crippen molar-refractivity contribution in [3.63, 3.8) is 0 Å². The van der Waals surface area contributed by atoms with Gasteiger partial charge in [-0.25, -0.2) is 0 Å². The van der Waals surface area contributed by atoms with E-state index >= 15 is 0 Å². The van der Waals surface area contributed by atoms with Gasteiger partial charge in [0.1, 0.15) is 6.04 Å². The van der Waals surface area contributed by atoms with Gasteiger partial charge in [0.25, 0.3) is 10.2 Å². The zero-order valence-corrected chi connectivity index (χ0v) is 11.1. The summed E-state index contributed by atoms with van der Waals surface area (Å²) in [7, 11) is -2.34. The lowest BCUT2D eigenvalue weighted by Crippen LogP contribution is -2.50. The molecule has 0 radical (unpaired) electrons. The molecule has 0 aromatic carbocycles. The minimum absolute atomic E-state index is 0.223. The summed E-state index contributed by atoms with van der Waals surface area (Å²) in [6.45, 7) is 6.72. The second kappa shape index (κ2) is 5.60. The third-order valence-corrected chi connectivity index (χ3v) is 4.05. The van der Waals surface area contributed by atoms with Gasteiger partial charge in [0, 0.05) is 13.1 Å². The summed E-state index contributed by atoms with van der Waals surface area (Å²) in [5.74, 6) is -1.48. The fourth-order valence-corrected chi connectivity index (χ4v) is 2.41. The van der Waals surface area contributed by atoms with Crippen LogP contribution in [0.2, 0.25) is 0 Å². The highest BCUT2D eigenvalue weighted by molar-refractivity contribution is 7.87. The Morgan fingerprint density at radius 3 is 1.94 bits per heavy atom. The molecular formula is C9H20N2O4S. The smallest absolute Gasteiger partial charge is 0.322 e. The molecule has 0 aliphatic rings. The Balaban J connectivity index is 4.88. The number of carbonyl (C=O) groups is 1. The fourth-order valence-electron chi connectivity index (χ4n) is 0.993. The molecule has 0 aromatic heterocycles. The average molecular weight is 252 g/mol. The van der Waals surface area contributed by atoms with Gasteiger partial charge in [-0.05, 0) is 19.8 Å². The molecule has 96 valence electrons. The summed E-state index contributed by atoms with van der Waals surface area (Å²) in [6.07, 6.45) is 0. The van der Waals surface area contributed by atoms with Gasteiger partial charge in [-0.15, -0.1) is 0 Å². The van der Waals surface area contributed by atoms with Crippen LogP contribution in [0, 0.1) is 5.92 Å². The topological polar surface area (TPSA) is 86.7 Å². The second-order valence-corrected chi connectivity index (χ2v) is 6.05. The first-order valence-electron chi connectivity index (χ1n) is 5.07. The molecule has 7 heteroatoms. The summed E-state index contributed by atoms with van der Waals surface area (Å²) in [5.41, 5.74) is 0. The number of hydrogen-bond acceptors (Lipinski definition) is 3. The molecule has 0 aliphatic heterocycles. The van der Waals surface area contributed by atoms with Crippen LogP contribution >= 0.6 is 0 Å². The molecule has 0 heterocycles. The van der Waals surface area contributed by atoms with Gasteiger partial charge in [-0.2, -0.15) is 17.4 Å². The number of carboxylic acids is 1. The normalized spacial score (nSPS) is 14.8. The molecule has 0 rings (SSSR count). The standard InChI is InChI=1S/C9H20N2O4S/c1-6(2)8(9(12)13)10-16(14,15)11(5)7(3)4/h6-8,10H,1-5H3,(H,12,13)/t8-/m0/s1. The lowest BCUT2D eigenvalue weighted by Gasteiger charge is -2.25. The van der Waals surface area contributed by atoms with Crippen LogP contribution in [0.1, 0.15) is 27.7 Å². The molecule has 0 aliphatic carbocycles. The minimum Gasteiger partial charge on any atom is -0.480 e. The SMILES string of the molecule is CC(C)[C@H](NS(=O)(=O)N(C)C(C)C)C(=O)O. The van der Waals surface area contributed by atoms with Crippen LogP contribution in [0.4, 0.5) is 0 Å². The van der Waals surface area contributed by atoms with Crippen LogP contribution in [0.25, 0.3) is 0 Å².